The highest BCUT2D eigenvalue weighted by Crippen LogP contribution is 2.37. The van der Waals surface area contributed by atoms with E-state index in [2.05, 4.69) is 37.0 Å². The second-order valence-electron chi connectivity index (χ2n) is 7.43. The smallest absolute Gasteiger partial charge is 0.344 e. The second-order valence-corrected chi connectivity index (χ2v) is 9.20. The first-order valence-electron chi connectivity index (χ1n) is 10.2. The molecule has 0 unspecified atom stereocenters. The maximum Gasteiger partial charge on any atom is 0.344 e. The summed E-state index contributed by atoms with van der Waals surface area (Å²) >= 11 is 6.80. The topological polar surface area (TPSA) is 103 Å². The van der Waals surface area contributed by atoms with Gasteiger partial charge in [-0.15, -0.1) is 0 Å². The van der Waals surface area contributed by atoms with Gasteiger partial charge in [0.15, 0.2) is 17.6 Å². The molecule has 0 saturated carbocycles. The van der Waals surface area contributed by atoms with E-state index in [4.69, 9.17) is 19.6 Å². The third-order valence-corrected chi connectivity index (χ3v) is 6.19. The molecule has 1 heterocycles. The maximum absolute atomic E-state index is 13.3. The van der Waals surface area contributed by atoms with Crippen LogP contribution in [0, 0.1) is 0 Å². The molecule has 0 bridgehead atoms. The molecule has 2 aromatic carbocycles. The molecule has 8 nitrogen and oxygen atoms in total. The van der Waals surface area contributed by atoms with Gasteiger partial charge >= 0.3 is 5.97 Å². The number of hydrogen-bond acceptors (Lipinski definition) is 6. The van der Waals surface area contributed by atoms with Crippen molar-refractivity contribution in [1.29, 1.82) is 0 Å². The normalized spacial score (nSPS) is 13.3. The number of ether oxygens (including phenoxy) is 2. The van der Waals surface area contributed by atoms with Crippen LogP contribution in [0.4, 0.5) is 0 Å². The summed E-state index contributed by atoms with van der Waals surface area (Å²) in [7, 11) is 1.46. The van der Waals surface area contributed by atoms with E-state index >= 15 is 0 Å². The zero-order valence-electron chi connectivity index (χ0n) is 18.5. The number of benzene rings is 2. The molecule has 0 spiro atoms. The van der Waals surface area contributed by atoms with Crippen LogP contribution in [0.25, 0.3) is 10.9 Å². The van der Waals surface area contributed by atoms with Crippen molar-refractivity contribution >= 4 is 54.9 Å². The van der Waals surface area contributed by atoms with E-state index in [1.807, 2.05) is 19.9 Å². The number of aliphatic carboxylic acids is 1. The maximum atomic E-state index is 13.3. The Morgan fingerprint density at radius 3 is 2.64 bits per heavy atom. The summed E-state index contributed by atoms with van der Waals surface area (Å²) in [6.45, 7) is 5.45. The van der Waals surface area contributed by atoms with Gasteiger partial charge in [-0.05, 0) is 65.2 Å². The number of aromatic nitrogens is 2. The number of carboxylic acids is 1. The summed E-state index contributed by atoms with van der Waals surface area (Å²) in [6, 6.07) is 8.74. The van der Waals surface area contributed by atoms with Crippen LogP contribution in [0.15, 0.2) is 49.2 Å². The Kier molecular flexibility index (Phi) is 7.91. The van der Waals surface area contributed by atoms with Gasteiger partial charge in [0.05, 0.1) is 28.7 Å². The standard InChI is InChI=1S/C23H23Br2N3O5/c1-5-12(2)21-27-18-7-6-15(24)10-16(18)22(29)28(21)26-11-14-8-17(25)20(19(9-14)32-4)33-13(3)23(30)31/h6-13H,5H2,1-4H3,(H,30,31)/t12-,13-/m1/s1. The third-order valence-electron chi connectivity index (χ3n) is 5.10. The van der Waals surface area contributed by atoms with E-state index in [1.54, 1.807) is 24.3 Å². The van der Waals surface area contributed by atoms with Gasteiger partial charge in [-0.2, -0.15) is 9.78 Å². The average molecular weight is 581 g/mol. The third kappa shape index (κ3) is 5.44. The van der Waals surface area contributed by atoms with Crippen molar-refractivity contribution in [2.75, 3.05) is 7.11 Å². The molecule has 1 aromatic heterocycles. The number of fused-ring (bicyclic) bond motifs is 1. The van der Waals surface area contributed by atoms with Crippen LogP contribution >= 0.6 is 31.9 Å². The summed E-state index contributed by atoms with van der Waals surface area (Å²) in [5.41, 5.74) is 0.961. The van der Waals surface area contributed by atoms with Gasteiger partial charge in [0.25, 0.3) is 5.56 Å². The van der Waals surface area contributed by atoms with E-state index in [1.165, 1.54) is 24.9 Å². The van der Waals surface area contributed by atoms with Crippen molar-refractivity contribution in [3.8, 4) is 11.5 Å². The Bertz CT molecular complexity index is 1290. The predicted molar refractivity (Wildman–Crippen MR) is 134 cm³/mol. The Hall–Kier alpha value is -2.72. The quantitative estimate of drug-likeness (QED) is 0.368. The lowest BCUT2D eigenvalue weighted by Crippen LogP contribution is -2.24. The van der Waals surface area contributed by atoms with Crippen molar-refractivity contribution in [3.05, 3.63) is 61.0 Å². The van der Waals surface area contributed by atoms with Gasteiger partial charge in [-0.1, -0.05) is 29.8 Å². The summed E-state index contributed by atoms with van der Waals surface area (Å²) in [5.74, 6) is 0.0718. The molecule has 1 N–H and O–H groups in total. The van der Waals surface area contributed by atoms with Crippen molar-refractivity contribution < 1.29 is 19.4 Å². The Morgan fingerprint density at radius 2 is 2.00 bits per heavy atom. The summed E-state index contributed by atoms with van der Waals surface area (Å²) in [5, 5.41) is 14.0. The summed E-state index contributed by atoms with van der Waals surface area (Å²) < 4.78 is 13.5. The number of methoxy groups -OCH3 is 1. The highest BCUT2D eigenvalue weighted by molar-refractivity contribution is 9.10. The molecule has 3 aromatic rings. The van der Waals surface area contributed by atoms with Crippen LogP contribution in [0.1, 0.15) is 44.5 Å². The fourth-order valence-corrected chi connectivity index (χ4v) is 3.97. The van der Waals surface area contributed by atoms with Crippen LogP contribution in [0.5, 0.6) is 11.5 Å². The highest BCUT2D eigenvalue weighted by Gasteiger charge is 2.19. The monoisotopic (exact) mass is 579 g/mol. The average Bonchev–Trinajstić information content (AvgIpc) is 2.79. The molecule has 0 fully saturated rings. The minimum Gasteiger partial charge on any atom is -0.493 e. The van der Waals surface area contributed by atoms with Crippen LogP contribution in [0.3, 0.4) is 0 Å². The first kappa shape index (κ1) is 24.9. The number of halogens is 2. The van der Waals surface area contributed by atoms with E-state index in [0.29, 0.717) is 32.5 Å². The van der Waals surface area contributed by atoms with Gasteiger partial charge in [0.2, 0.25) is 0 Å². The zero-order chi connectivity index (χ0) is 24.3. The molecule has 33 heavy (non-hydrogen) atoms. The SMILES string of the molecule is CC[C@@H](C)c1nc2ccc(Br)cc2c(=O)n1N=Cc1cc(Br)c(O[C@H](C)C(=O)O)c(OC)c1. The molecule has 0 saturated heterocycles. The molecule has 0 aliphatic rings. The Balaban J connectivity index is 2.10. The lowest BCUT2D eigenvalue weighted by atomic mass is 10.1. The highest BCUT2D eigenvalue weighted by atomic mass is 79.9. The van der Waals surface area contributed by atoms with Gasteiger partial charge in [-0.3, -0.25) is 4.79 Å². The van der Waals surface area contributed by atoms with Crippen LogP contribution in [-0.4, -0.2) is 40.2 Å². The van der Waals surface area contributed by atoms with Crippen molar-refractivity contribution in [1.82, 2.24) is 9.66 Å². The summed E-state index contributed by atoms with van der Waals surface area (Å²) in [4.78, 5) is 29.1. The molecule has 0 radical (unpaired) electrons. The van der Waals surface area contributed by atoms with Crippen molar-refractivity contribution in [3.63, 3.8) is 0 Å². The fourth-order valence-electron chi connectivity index (χ4n) is 3.06. The van der Waals surface area contributed by atoms with Gasteiger partial charge in [-0.25, -0.2) is 9.78 Å². The van der Waals surface area contributed by atoms with E-state index < -0.39 is 12.1 Å². The number of hydrogen-bond donors (Lipinski definition) is 1. The lowest BCUT2D eigenvalue weighted by molar-refractivity contribution is -0.144. The van der Waals surface area contributed by atoms with E-state index in [0.717, 1.165) is 10.9 Å². The Morgan fingerprint density at radius 1 is 1.27 bits per heavy atom. The zero-order valence-corrected chi connectivity index (χ0v) is 21.7. The molecule has 174 valence electrons. The van der Waals surface area contributed by atoms with Gasteiger partial charge in [0.1, 0.15) is 5.82 Å². The summed E-state index contributed by atoms with van der Waals surface area (Å²) in [6.07, 6.45) is 1.25. The largest absolute Gasteiger partial charge is 0.493 e. The van der Waals surface area contributed by atoms with E-state index in [9.17, 15) is 9.59 Å². The fraction of sp³-hybridized carbons (Fsp3) is 0.304. The molecule has 3 rings (SSSR count). The van der Waals surface area contributed by atoms with Crippen LogP contribution in [0.2, 0.25) is 0 Å². The number of nitrogens with zero attached hydrogens (tertiary/aromatic N) is 3. The Labute approximate surface area is 207 Å². The molecule has 0 amide bonds. The minimum absolute atomic E-state index is 0.0115. The van der Waals surface area contributed by atoms with Crippen molar-refractivity contribution in [2.45, 2.75) is 39.2 Å². The van der Waals surface area contributed by atoms with Gasteiger partial charge in [0, 0.05) is 10.4 Å². The predicted octanol–water partition coefficient (Wildman–Crippen LogP) is 5.18. The first-order valence-corrected chi connectivity index (χ1v) is 11.8. The number of rotatable bonds is 8. The molecule has 0 aliphatic carbocycles. The van der Waals surface area contributed by atoms with Crippen LogP contribution < -0.4 is 15.0 Å². The lowest BCUT2D eigenvalue weighted by Gasteiger charge is -2.16. The number of carbonyl (C=O) groups is 1. The molecular weight excluding hydrogens is 558 g/mol. The van der Waals surface area contributed by atoms with Crippen molar-refractivity contribution in [2.24, 2.45) is 5.10 Å². The molecule has 2 atom stereocenters. The molecular formula is C23H23Br2N3O5. The molecule has 10 heteroatoms. The minimum atomic E-state index is -1.10. The van der Waals surface area contributed by atoms with Gasteiger partial charge < -0.3 is 14.6 Å². The number of carboxylic acid groups (broad SMARTS) is 1. The van der Waals surface area contributed by atoms with Crippen LogP contribution in [-0.2, 0) is 4.79 Å². The second kappa shape index (κ2) is 10.5. The first-order chi connectivity index (χ1) is 15.7. The molecule has 0 aliphatic heterocycles. The van der Waals surface area contributed by atoms with E-state index in [-0.39, 0.29) is 17.2 Å².